The van der Waals surface area contributed by atoms with Crippen LogP contribution in [0.5, 0.6) is 0 Å². The van der Waals surface area contributed by atoms with Crippen LogP contribution in [0.3, 0.4) is 0 Å². The van der Waals surface area contributed by atoms with Gasteiger partial charge >= 0.3 is 0 Å². The maximum absolute atomic E-state index is 2.51. The number of hydrogen-bond acceptors (Lipinski definition) is 1. The molecular formula is C11H19N. The monoisotopic (exact) mass is 165 g/mol. The van der Waals surface area contributed by atoms with E-state index in [1.165, 1.54) is 25.8 Å². The molecular weight excluding hydrogens is 146 g/mol. The van der Waals surface area contributed by atoms with Crippen LogP contribution in [0, 0.1) is 5.92 Å². The molecule has 0 radical (unpaired) electrons. The molecule has 0 N–H and O–H groups in total. The van der Waals surface area contributed by atoms with Crippen LogP contribution in [0.25, 0.3) is 0 Å². The predicted octanol–water partition coefficient (Wildman–Crippen LogP) is 2.78. The number of fused-ring (bicyclic) bond motifs is 1. The maximum Gasteiger partial charge on any atom is 0.0312 e. The van der Waals surface area contributed by atoms with Crippen molar-refractivity contribution in [2.24, 2.45) is 5.92 Å². The number of hydrogen-bond donors (Lipinski definition) is 0. The molecule has 0 amide bonds. The van der Waals surface area contributed by atoms with E-state index < -0.39 is 0 Å². The molecule has 1 heterocycles. The Hall–Kier alpha value is -0.460. The first-order valence-corrected chi connectivity index (χ1v) is 5.05. The van der Waals surface area contributed by atoms with Crippen LogP contribution in [0.4, 0.5) is 0 Å². The third-order valence-corrected chi connectivity index (χ3v) is 3.14. The Morgan fingerprint density at radius 3 is 2.75 bits per heavy atom. The summed E-state index contributed by atoms with van der Waals surface area (Å²) in [6.07, 6.45) is 6.63. The van der Waals surface area contributed by atoms with Crippen molar-refractivity contribution in [1.29, 1.82) is 0 Å². The highest BCUT2D eigenvalue weighted by Gasteiger charge is 2.32. The molecule has 2 rings (SSSR count). The summed E-state index contributed by atoms with van der Waals surface area (Å²) in [6, 6.07) is 0. The first kappa shape index (κ1) is 8.15. The lowest BCUT2D eigenvalue weighted by Crippen LogP contribution is -2.36. The summed E-state index contributed by atoms with van der Waals surface area (Å²) in [5, 5.41) is 0. The molecule has 1 nitrogen and oxygen atoms in total. The largest absolute Gasteiger partial charge is 0.372 e. The van der Waals surface area contributed by atoms with Gasteiger partial charge in [0.1, 0.15) is 0 Å². The van der Waals surface area contributed by atoms with Crippen molar-refractivity contribution < 1.29 is 0 Å². The van der Waals surface area contributed by atoms with Crippen LogP contribution >= 0.6 is 0 Å². The molecule has 0 aromatic carbocycles. The van der Waals surface area contributed by atoms with Gasteiger partial charge in [-0.25, -0.2) is 0 Å². The topological polar surface area (TPSA) is 3.24 Å². The minimum absolute atomic E-state index is 0.331. The normalized spacial score (nSPS) is 29.1. The van der Waals surface area contributed by atoms with Gasteiger partial charge in [-0.2, -0.15) is 0 Å². The average Bonchev–Trinajstić information content (AvgIpc) is 2.37. The molecule has 0 bridgehead atoms. The molecule has 1 saturated carbocycles. The highest BCUT2D eigenvalue weighted by atomic mass is 15.2. The molecule has 1 fully saturated rings. The number of nitrogens with zero attached hydrogens (tertiary/aromatic N) is 1. The first-order chi connectivity index (χ1) is 5.57. The van der Waals surface area contributed by atoms with Crippen molar-refractivity contribution in [3.05, 3.63) is 11.8 Å². The van der Waals surface area contributed by atoms with Gasteiger partial charge in [0.2, 0.25) is 0 Å². The van der Waals surface area contributed by atoms with Gasteiger partial charge in [0, 0.05) is 12.1 Å². The zero-order chi connectivity index (χ0) is 8.77. The molecule has 68 valence electrons. The van der Waals surface area contributed by atoms with Gasteiger partial charge in [0.15, 0.2) is 0 Å². The molecule has 1 heteroatoms. The molecule has 12 heavy (non-hydrogen) atoms. The molecule has 0 aromatic rings. The molecule has 0 aromatic heterocycles. The summed E-state index contributed by atoms with van der Waals surface area (Å²) in [5.74, 6) is 0.907. The summed E-state index contributed by atoms with van der Waals surface area (Å²) >= 11 is 0. The summed E-state index contributed by atoms with van der Waals surface area (Å²) in [6.45, 7) is 8.17. The molecule has 1 aliphatic carbocycles. The summed E-state index contributed by atoms with van der Waals surface area (Å²) in [5.41, 5.74) is 2.04. The Morgan fingerprint density at radius 1 is 1.42 bits per heavy atom. The van der Waals surface area contributed by atoms with Crippen LogP contribution in [0.1, 0.15) is 40.0 Å². The van der Waals surface area contributed by atoms with E-state index in [2.05, 4.69) is 31.9 Å². The highest BCUT2D eigenvalue weighted by Crippen LogP contribution is 2.38. The fourth-order valence-electron chi connectivity index (χ4n) is 2.28. The van der Waals surface area contributed by atoms with E-state index in [9.17, 15) is 0 Å². The maximum atomic E-state index is 2.51. The van der Waals surface area contributed by atoms with E-state index in [4.69, 9.17) is 0 Å². The zero-order valence-electron chi connectivity index (χ0n) is 8.43. The van der Waals surface area contributed by atoms with Gasteiger partial charge in [-0.05, 0) is 57.7 Å². The predicted molar refractivity (Wildman–Crippen MR) is 51.9 cm³/mol. The fraction of sp³-hybridized carbons (Fsp3) is 0.818. The minimum Gasteiger partial charge on any atom is -0.372 e. The summed E-state index contributed by atoms with van der Waals surface area (Å²) in [4.78, 5) is 2.51. The second kappa shape index (κ2) is 2.51. The van der Waals surface area contributed by atoms with Crippen LogP contribution in [0.15, 0.2) is 11.8 Å². The second-order valence-electron chi connectivity index (χ2n) is 5.12. The molecule has 0 saturated heterocycles. The lowest BCUT2D eigenvalue weighted by molar-refractivity contribution is 0.205. The van der Waals surface area contributed by atoms with Crippen molar-refractivity contribution in [3.8, 4) is 0 Å². The smallest absolute Gasteiger partial charge is 0.0312 e. The zero-order valence-corrected chi connectivity index (χ0v) is 8.43. The van der Waals surface area contributed by atoms with E-state index in [0.29, 0.717) is 5.54 Å². The summed E-state index contributed by atoms with van der Waals surface area (Å²) in [7, 11) is 0. The lowest BCUT2D eigenvalue weighted by atomic mass is 10.0. The van der Waals surface area contributed by atoms with Crippen LogP contribution in [-0.2, 0) is 0 Å². The van der Waals surface area contributed by atoms with Crippen LogP contribution in [0.2, 0.25) is 0 Å². The van der Waals surface area contributed by atoms with E-state index in [0.717, 1.165) is 5.92 Å². The van der Waals surface area contributed by atoms with Gasteiger partial charge in [0.05, 0.1) is 0 Å². The minimum atomic E-state index is 0.331. The average molecular weight is 165 g/mol. The first-order valence-electron chi connectivity index (χ1n) is 5.05. The lowest BCUT2D eigenvalue weighted by Gasteiger charge is -2.32. The SMILES string of the molecule is CC(C)(C)N1C=C2CCCC2C1. The van der Waals surface area contributed by atoms with Crippen LogP contribution < -0.4 is 0 Å². The van der Waals surface area contributed by atoms with E-state index in [-0.39, 0.29) is 0 Å². The Labute approximate surface area is 75.4 Å². The molecule has 2 aliphatic rings. The Morgan fingerprint density at radius 2 is 2.17 bits per heavy atom. The summed E-state index contributed by atoms with van der Waals surface area (Å²) < 4.78 is 0. The van der Waals surface area contributed by atoms with Crippen molar-refractivity contribution in [1.82, 2.24) is 4.90 Å². The Bertz CT molecular complexity index is 210. The number of rotatable bonds is 0. The quantitative estimate of drug-likeness (QED) is 0.533. The van der Waals surface area contributed by atoms with Crippen molar-refractivity contribution in [3.63, 3.8) is 0 Å². The van der Waals surface area contributed by atoms with Crippen molar-refractivity contribution >= 4 is 0 Å². The molecule has 0 spiro atoms. The Kier molecular flexibility index (Phi) is 1.71. The van der Waals surface area contributed by atoms with Gasteiger partial charge in [0.25, 0.3) is 0 Å². The second-order valence-corrected chi connectivity index (χ2v) is 5.12. The van der Waals surface area contributed by atoms with Crippen molar-refractivity contribution in [2.45, 2.75) is 45.6 Å². The van der Waals surface area contributed by atoms with Crippen LogP contribution in [-0.4, -0.2) is 17.0 Å². The molecule has 1 unspecified atom stereocenters. The van der Waals surface area contributed by atoms with Gasteiger partial charge < -0.3 is 4.90 Å². The fourth-order valence-corrected chi connectivity index (χ4v) is 2.28. The third kappa shape index (κ3) is 1.26. The van der Waals surface area contributed by atoms with Gasteiger partial charge in [-0.15, -0.1) is 0 Å². The van der Waals surface area contributed by atoms with Gasteiger partial charge in [-0.3, -0.25) is 0 Å². The van der Waals surface area contributed by atoms with Crippen molar-refractivity contribution in [2.75, 3.05) is 6.54 Å². The standard InChI is InChI=1S/C11H19N/c1-11(2,3)12-7-9-5-4-6-10(9)8-12/h7,10H,4-6,8H2,1-3H3. The highest BCUT2D eigenvalue weighted by molar-refractivity contribution is 5.18. The van der Waals surface area contributed by atoms with E-state index in [1.54, 1.807) is 5.57 Å². The van der Waals surface area contributed by atoms with E-state index >= 15 is 0 Å². The third-order valence-electron chi connectivity index (χ3n) is 3.14. The van der Waals surface area contributed by atoms with E-state index in [1.807, 2.05) is 0 Å². The molecule has 1 aliphatic heterocycles. The van der Waals surface area contributed by atoms with Gasteiger partial charge in [-0.1, -0.05) is 0 Å². The Balaban J connectivity index is 2.12. The molecule has 1 atom stereocenters.